The summed E-state index contributed by atoms with van der Waals surface area (Å²) in [5.41, 5.74) is 2.45. The number of nitrogens with zero attached hydrogens (tertiary/aromatic N) is 2. The Hall–Kier alpha value is -2.67. The van der Waals surface area contributed by atoms with Gasteiger partial charge in [-0.25, -0.2) is 9.37 Å². The van der Waals surface area contributed by atoms with Crippen LogP contribution in [0.4, 0.5) is 9.52 Å². The number of aromatic nitrogens is 1. The molecule has 1 aliphatic heterocycles. The van der Waals surface area contributed by atoms with E-state index in [9.17, 15) is 9.18 Å². The molecule has 1 saturated heterocycles. The van der Waals surface area contributed by atoms with Gasteiger partial charge in [-0.15, -0.1) is 0 Å². The van der Waals surface area contributed by atoms with Crippen molar-refractivity contribution in [1.82, 2.24) is 9.88 Å². The third-order valence-corrected chi connectivity index (χ3v) is 6.03. The van der Waals surface area contributed by atoms with Gasteiger partial charge in [0.25, 0.3) is 5.91 Å². The Bertz CT molecular complexity index is 1020. The number of benzene rings is 2. The highest BCUT2D eigenvalue weighted by atomic mass is 32.1. The van der Waals surface area contributed by atoms with Crippen LogP contribution in [0, 0.1) is 18.7 Å². The minimum Gasteiger partial charge on any atom is -0.496 e. The quantitative estimate of drug-likeness (QED) is 0.694. The number of fused-ring (bicyclic) bond motifs is 1. The van der Waals surface area contributed by atoms with E-state index in [0.29, 0.717) is 23.8 Å². The van der Waals surface area contributed by atoms with E-state index < -0.39 is 0 Å². The van der Waals surface area contributed by atoms with Crippen molar-refractivity contribution in [3.63, 3.8) is 0 Å². The summed E-state index contributed by atoms with van der Waals surface area (Å²) in [6.07, 6.45) is 0.937. The van der Waals surface area contributed by atoms with Gasteiger partial charge in [0.15, 0.2) is 5.13 Å². The summed E-state index contributed by atoms with van der Waals surface area (Å²) in [4.78, 5) is 19.3. The van der Waals surface area contributed by atoms with Crippen molar-refractivity contribution >= 4 is 32.6 Å². The Morgan fingerprint density at radius 2 is 2.21 bits per heavy atom. The minimum atomic E-state index is -0.251. The van der Waals surface area contributed by atoms with Crippen LogP contribution >= 0.6 is 11.3 Å². The molecule has 0 aliphatic carbocycles. The first-order chi connectivity index (χ1) is 13.5. The zero-order chi connectivity index (χ0) is 19.7. The predicted octanol–water partition coefficient (Wildman–Crippen LogP) is 4.33. The summed E-state index contributed by atoms with van der Waals surface area (Å²) in [7, 11) is 1.59. The number of methoxy groups -OCH3 is 1. The van der Waals surface area contributed by atoms with Crippen molar-refractivity contribution in [2.24, 2.45) is 5.92 Å². The molecule has 1 N–H and O–H groups in total. The number of rotatable bonds is 5. The Kier molecular flexibility index (Phi) is 5.17. The van der Waals surface area contributed by atoms with Crippen LogP contribution in [0.25, 0.3) is 10.2 Å². The van der Waals surface area contributed by atoms with Crippen LogP contribution in [-0.2, 0) is 0 Å². The summed E-state index contributed by atoms with van der Waals surface area (Å²) < 4.78 is 19.5. The fraction of sp³-hybridized carbons (Fsp3) is 0.333. The molecular weight excluding hydrogens is 377 g/mol. The molecule has 1 aromatic heterocycles. The van der Waals surface area contributed by atoms with Crippen LogP contribution in [0.3, 0.4) is 0 Å². The van der Waals surface area contributed by atoms with Gasteiger partial charge in [0, 0.05) is 19.6 Å². The highest BCUT2D eigenvalue weighted by Gasteiger charge is 2.28. The summed E-state index contributed by atoms with van der Waals surface area (Å²) in [5.74, 6) is 0.722. The van der Waals surface area contributed by atoms with Crippen LogP contribution in [0.15, 0.2) is 36.4 Å². The SMILES string of the molecule is COc1ccc(C)cc1C(=O)N1CC[C@@H](CNc2nc3ccc(F)cc3s2)C1. The summed E-state index contributed by atoms with van der Waals surface area (Å²) in [6.45, 7) is 4.13. The van der Waals surface area contributed by atoms with E-state index in [-0.39, 0.29) is 11.7 Å². The monoisotopic (exact) mass is 399 g/mol. The Labute approximate surface area is 167 Å². The van der Waals surface area contributed by atoms with Crippen LogP contribution in [0.5, 0.6) is 5.75 Å². The third kappa shape index (κ3) is 3.80. The van der Waals surface area contributed by atoms with Crippen LogP contribution in [0.2, 0.25) is 0 Å². The number of thiazole rings is 1. The predicted molar refractivity (Wildman–Crippen MR) is 110 cm³/mol. The fourth-order valence-electron chi connectivity index (χ4n) is 3.55. The summed E-state index contributed by atoms with van der Waals surface area (Å²) in [6, 6.07) is 10.3. The first kappa shape index (κ1) is 18.7. The van der Waals surface area contributed by atoms with Gasteiger partial charge in [-0.3, -0.25) is 4.79 Å². The lowest BCUT2D eigenvalue weighted by atomic mass is 10.1. The van der Waals surface area contributed by atoms with Gasteiger partial charge in [-0.1, -0.05) is 23.0 Å². The molecule has 2 heterocycles. The maximum Gasteiger partial charge on any atom is 0.257 e. The molecule has 0 bridgehead atoms. The molecule has 0 saturated carbocycles. The fourth-order valence-corrected chi connectivity index (χ4v) is 4.45. The number of aryl methyl sites for hydroxylation is 1. The molecule has 0 spiro atoms. The van der Waals surface area contributed by atoms with Crippen LogP contribution in [0.1, 0.15) is 22.3 Å². The molecule has 0 radical (unpaired) electrons. The average molecular weight is 399 g/mol. The largest absolute Gasteiger partial charge is 0.496 e. The lowest BCUT2D eigenvalue weighted by molar-refractivity contribution is 0.0784. The van der Waals surface area contributed by atoms with E-state index >= 15 is 0 Å². The van der Waals surface area contributed by atoms with E-state index in [1.165, 1.54) is 23.5 Å². The second-order valence-electron chi connectivity index (χ2n) is 7.12. The third-order valence-electron chi connectivity index (χ3n) is 5.05. The molecular formula is C21H22FN3O2S. The molecule has 7 heteroatoms. The van der Waals surface area contributed by atoms with Crippen molar-refractivity contribution < 1.29 is 13.9 Å². The molecule has 1 amide bonds. The van der Waals surface area contributed by atoms with E-state index in [1.807, 2.05) is 30.0 Å². The number of carbonyl (C=O) groups excluding carboxylic acids is 1. The molecule has 3 aromatic rings. The molecule has 0 unspecified atom stereocenters. The number of anilines is 1. The molecule has 28 heavy (non-hydrogen) atoms. The van der Waals surface area contributed by atoms with Crippen molar-refractivity contribution in [2.45, 2.75) is 13.3 Å². The van der Waals surface area contributed by atoms with Gasteiger partial charge in [0.2, 0.25) is 0 Å². The number of hydrogen-bond acceptors (Lipinski definition) is 5. The molecule has 4 rings (SSSR count). The number of halogens is 1. The molecule has 1 aliphatic rings. The molecule has 1 fully saturated rings. The number of likely N-dealkylation sites (tertiary alicyclic amines) is 1. The van der Waals surface area contributed by atoms with E-state index in [4.69, 9.17) is 4.74 Å². The number of hydrogen-bond donors (Lipinski definition) is 1. The first-order valence-corrected chi connectivity index (χ1v) is 10.1. The highest BCUT2D eigenvalue weighted by Crippen LogP contribution is 2.28. The highest BCUT2D eigenvalue weighted by molar-refractivity contribution is 7.22. The van der Waals surface area contributed by atoms with Crippen molar-refractivity contribution in [3.8, 4) is 5.75 Å². The second-order valence-corrected chi connectivity index (χ2v) is 8.15. The molecule has 2 aromatic carbocycles. The minimum absolute atomic E-state index is 0.0125. The average Bonchev–Trinajstić information content (AvgIpc) is 3.32. The second kappa shape index (κ2) is 7.75. The number of carbonyl (C=O) groups is 1. The standard InChI is InChI=1S/C21H22FN3O2S/c1-13-3-6-18(27-2)16(9-13)20(26)25-8-7-14(12-25)11-23-21-24-17-5-4-15(22)10-19(17)28-21/h3-6,9-10,14H,7-8,11-12H2,1-2H3,(H,23,24)/t14-/m0/s1. The maximum absolute atomic E-state index is 13.3. The summed E-state index contributed by atoms with van der Waals surface area (Å²) in [5, 5.41) is 4.13. The number of nitrogens with one attached hydrogen (secondary N) is 1. The Morgan fingerprint density at radius 3 is 3.04 bits per heavy atom. The van der Waals surface area contributed by atoms with E-state index in [0.717, 1.165) is 40.4 Å². The number of amides is 1. The van der Waals surface area contributed by atoms with Crippen LogP contribution < -0.4 is 10.1 Å². The van der Waals surface area contributed by atoms with Crippen molar-refractivity contribution in [2.75, 3.05) is 32.1 Å². The van der Waals surface area contributed by atoms with Gasteiger partial charge < -0.3 is 15.0 Å². The van der Waals surface area contributed by atoms with Gasteiger partial charge in [0.1, 0.15) is 11.6 Å². The van der Waals surface area contributed by atoms with Crippen molar-refractivity contribution in [1.29, 1.82) is 0 Å². The topological polar surface area (TPSA) is 54.5 Å². The van der Waals surface area contributed by atoms with Gasteiger partial charge in [-0.2, -0.15) is 0 Å². The molecule has 5 nitrogen and oxygen atoms in total. The lowest BCUT2D eigenvalue weighted by Gasteiger charge is -2.18. The smallest absolute Gasteiger partial charge is 0.257 e. The first-order valence-electron chi connectivity index (χ1n) is 9.27. The lowest BCUT2D eigenvalue weighted by Crippen LogP contribution is -2.30. The van der Waals surface area contributed by atoms with E-state index in [2.05, 4.69) is 10.3 Å². The Morgan fingerprint density at radius 1 is 1.36 bits per heavy atom. The van der Waals surface area contributed by atoms with Gasteiger partial charge in [0.05, 0.1) is 22.9 Å². The van der Waals surface area contributed by atoms with Gasteiger partial charge in [-0.05, 0) is 49.6 Å². The van der Waals surface area contributed by atoms with Crippen molar-refractivity contribution in [3.05, 3.63) is 53.3 Å². The zero-order valence-corrected chi connectivity index (χ0v) is 16.7. The molecule has 1 atom stereocenters. The summed E-state index contributed by atoms with van der Waals surface area (Å²) >= 11 is 1.45. The zero-order valence-electron chi connectivity index (χ0n) is 15.9. The van der Waals surface area contributed by atoms with E-state index in [1.54, 1.807) is 13.2 Å². The normalized spacial score (nSPS) is 16.5. The Balaban J connectivity index is 1.38. The van der Waals surface area contributed by atoms with Gasteiger partial charge >= 0.3 is 0 Å². The van der Waals surface area contributed by atoms with Crippen LogP contribution in [-0.4, -0.2) is 42.5 Å². The number of ether oxygens (including phenoxy) is 1. The maximum atomic E-state index is 13.3. The molecule has 146 valence electrons.